The van der Waals surface area contributed by atoms with Gasteiger partial charge in [0, 0.05) is 18.4 Å². The van der Waals surface area contributed by atoms with E-state index in [-0.39, 0.29) is 41.3 Å². The third-order valence-corrected chi connectivity index (χ3v) is 6.77. The molecule has 1 aromatic carbocycles. The summed E-state index contributed by atoms with van der Waals surface area (Å²) >= 11 is 0. The fraction of sp³-hybridized carbons (Fsp3) is 0.367. The van der Waals surface area contributed by atoms with E-state index in [9.17, 15) is 14.4 Å². The lowest BCUT2D eigenvalue weighted by Crippen LogP contribution is -2.35. The van der Waals surface area contributed by atoms with Crippen LogP contribution in [0.1, 0.15) is 60.2 Å². The SMILES string of the molecule is CCCCOc1ccc(C(=O)N=c2c(C(=O)OCC)cc3c(=O)n4ccccc4nc3n2CC2CCCO2)cc1. The second-order valence-corrected chi connectivity index (χ2v) is 9.57. The van der Waals surface area contributed by atoms with Gasteiger partial charge in [0.25, 0.3) is 11.5 Å². The molecule has 0 bridgehead atoms. The molecular weight excluding hydrogens is 512 g/mol. The van der Waals surface area contributed by atoms with E-state index in [1.54, 1.807) is 60.2 Å². The number of esters is 1. The number of rotatable bonds is 9. The molecule has 4 heterocycles. The Morgan fingerprint density at radius 1 is 1.15 bits per heavy atom. The molecule has 1 atom stereocenters. The predicted octanol–water partition coefficient (Wildman–Crippen LogP) is 3.92. The predicted molar refractivity (Wildman–Crippen MR) is 149 cm³/mol. The van der Waals surface area contributed by atoms with Crippen LogP contribution >= 0.6 is 0 Å². The summed E-state index contributed by atoms with van der Waals surface area (Å²) in [5, 5.41) is 0.213. The molecule has 1 amide bonds. The quantitative estimate of drug-likeness (QED) is 0.178. The summed E-state index contributed by atoms with van der Waals surface area (Å²) in [5.41, 5.74) is 0.806. The normalized spacial score (nSPS) is 15.6. The van der Waals surface area contributed by atoms with Crippen LogP contribution < -0.4 is 15.8 Å². The fourth-order valence-corrected chi connectivity index (χ4v) is 4.71. The molecule has 40 heavy (non-hydrogen) atoms. The number of pyridine rings is 2. The monoisotopic (exact) mass is 544 g/mol. The van der Waals surface area contributed by atoms with Gasteiger partial charge < -0.3 is 18.8 Å². The van der Waals surface area contributed by atoms with Crippen molar-refractivity contribution in [2.75, 3.05) is 19.8 Å². The Kier molecular flexibility index (Phi) is 8.35. The van der Waals surface area contributed by atoms with Crippen LogP contribution in [-0.2, 0) is 16.0 Å². The molecule has 0 aliphatic carbocycles. The summed E-state index contributed by atoms with van der Waals surface area (Å²) in [5.74, 6) is -0.578. The number of hydrogen-bond acceptors (Lipinski definition) is 7. The lowest BCUT2D eigenvalue weighted by Gasteiger charge is -2.18. The zero-order valence-electron chi connectivity index (χ0n) is 22.7. The van der Waals surface area contributed by atoms with Gasteiger partial charge in [-0.3, -0.25) is 14.0 Å². The fourth-order valence-electron chi connectivity index (χ4n) is 4.71. The van der Waals surface area contributed by atoms with Gasteiger partial charge in [-0.2, -0.15) is 4.99 Å². The van der Waals surface area contributed by atoms with E-state index in [4.69, 9.17) is 19.2 Å². The minimum atomic E-state index is -0.686. The second kappa shape index (κ2) is 12.3. The van der Waals surface area contributed by atoms with Crippen molar-refractivity contribution in [3.05, 3.63) is 81.7 Å². The summed E-state index contributed by atoms with van der Waals surface area (Å²) in [7, 11) is 0. The Morgan fingerprint density at radius 3 is 2.70 bits per heavy atom. The number of nitrogens with zero attached hydrogens (tertiary/aromatic N) is 4. The van der Waals surface area contributed by atoms with Crippen molar-refractivity contribution in [1.82, 2.24) is 14.0 Å². The first-order chi connectivity index (χ1) is 19.5. The van der Waals surface area contributed by atoms with Crippen LogP contribution in [0, 0.1) is 0 Å². The first kappa shape index (κ1) is 27.3. The lowest BCUT2D eigenvalue weighted by molar-refractivity contribution is 0.0521. The molecular formula is C30H32N4O6. The van der Waals surface area contributed by atoms with E-state index >= 15 is 0 Å². The van der Waals surface area contributed by atoms with Crippen molar-refractivity contribution in [3.63, 3.8) is 0 Å². The van der Waals surface area contributed by atoms with Gasteiger partial charge in [-0.15, -0.1) is 0 Å². The molecule has 1 saturated heterocycles. The summed E-state index contributed by atoms with van der Waals surface area (Å²) in [6.45, 7) is 5.36. The van der Waals surface area contributed by atoms with E-state index in [1.165, 1.54) is 10.5 Å². The third-order valence-electron chi connectivity index (χ3n) is 6.77. The summed E-state index contributed by atoms with van der Waals surface area (Å²) in [4.78, 5) is 49.3. The summed E-state index contributed by atoms with van der Waals surface area (Å²) in [6.07, 6.45) is 5.07. The van der Waals surface area contributed by atoms with Crippen LogP contribution in [0.15, 0.2) is 64.5 Å². The van der Waals surface area contributed by atoms with Crippen molar-refractivity contribution in [1.29, 1.82) is 0 Å². The number of fused-ring (bicyclic) bond motifs is 2. The van der Waals surface area contributed by atoms with Crippen LogP contribution in [0.3, 0.4) is 0 Å². The molecule has 0 saturated carbocycles. The van der Waals surface area contributed by atoms with E-state index in [0.29, 0.717) is 35.8 Å². The van der Waals surface area contributed by atoms with Gasteiger partial charge in [0.1, 0.15) is 22.6 Å². The molecule has 1 aliphatic rings. The highest BCUT2D eigenvalue weighted by Crippen LogP contribution is 2.18. The summed E-state index contributed by atoms with van der Waals surface area (Å²) in [6, 6.07) is 13.4. The molecule has 10 heteroatoms. The maximum atomic E-state index is 13.5. The standard InChI is InChI=1S/C30H32N4O6/c1-3-5-16-39-21-13-11-20(12-14-21)28(35)32-27-24(30(37)38-4-2)18-23-26(34(27)19-22-9-8-17-40-22)31-25-10-6-7-15-33(25)29(23)36/h6-7,10-15,18,22H,3-5,8-9,16-17,19H2,1-2H3. The van der Waals surface area contributed by atoms with Crippen LogP contribution in [0.2, 0.25) is 0 Å². The Morgan fingerprint density at radius 2 is 1.98 bits per heavy atom. The second-order valence-electron chi connectivity index (χ2n) is 9.57. The topological polar surface area (TPSA) is 113 Å². The van der Waals surface area contributed by atoms with E-state index in [2.05, 4.69) is 11.9 Å². The molecule has 208 valence electrons. The van der Waals surface area contributed by atoms with Crippen LogP contribution in [-0.4, -0.2) is 51.8 Å². The number of unbranched alkanes of at least 4 members (excludes halogenated alkanes) is 1. The molecule has 10 nitrogen and oxygen atoms in total. The van der Waals surface area contributed by atoms with Gasteiger partial charge in [0.15, 0.2) is 5.49 Å². The average molecular weight is 545 g/mol. The molecule has 0 N–H and O–H groups in total. The maximum Gasteiger partial charge on any atom is 0.341 e. The van der Waals surface area contributed by atoms with E-state index < -0.39 is 11.9 Å². The highest BCUT2D eigenvalue weighted by molar-refractivity contribution is 5.97. The molecule has 3 aromatic heterocycles. The van der Waals surface area contributed by atoms with Crippen LogP contribution in [0.4, 0.5) is 0 Å². The molecule has 1 fully saturated rings. The minimum absolute atomic E-state index is 0.00926. The number of amides is 1. The average Bonchev–Trinajstić information content (AvgIpc) is 3.48. The third kappa shape index (κ3) is 5.67. The van der Waals surface area contributed by atoms with Crippen LogP contribution in [0.25, 0.3) is 16.7 Å². The zero-order valence-corrected chi connectivity index (χ0v) is 22.7. The molecule has 0 spiro atoms. The zero-order chi connectivity index (χ0) is 28.1. The van der Waals surface area contributed by atoms with E-state index in [1.807, 2.05) is 0 Å². The Bertz CT molecular complexity index is 1670. The molecule has 1 unspecified atom stereocenters. The molecule has 4 aromatic rings. The van der Waals surface area contributed by atoms with E-state index in [0.717, 1.165) is 25.7 Å². The Hall–Kier alpha value is -4.31. The number of hydrogen-bond donors (Lipinski definition) is 0. The van der Waals surface area contributed by atoms with Gasteiger partial charge in [0.05, 0.1) is 31.2 Å². The van der Waals surface area contributed by atoms with Gasteiger partial charge >= 0.3 is 5.97 Å². The first-order valence-corrected chi connectivity index (χ1v) is 13.7. The van der Waals surface area contributed by atoms with Gasteiger partial charge in [-0.1, -0.05) is 19.4 Å². The minimum Gasteiger partial charge on any atom is -0.494 e. The lowest BCUT2D eigenvalue weighted by atomic mass is 10.1. The number of ether oxygens (including phenoxy) is 3. The highest BCUT2D eigenvalue weighted by atomic mass is 16.5. The number of carbonyl (C=O) groups excluding carboxylic acids is 2. The summed E-state index contributed by atoms with van der Waals surface area (Å²) < 4.78 is 20.0. The molecule has 5 rings (SSSR count). The maximum absolute atomic E-state index is 13.5. The highest BCUT2D eigenvalue weighted by Gasteiger charge is 2.24. The molecule has 1 aliphatic heterocycles. The number of aromatic nitrogens is 3. The van der Waals surface area contributed by atoms with Crippen molar-refractivity contribution in [2.45, 2.75) is 52.2 Å². The Labute approximate surface area is 230 Å². The van der Waals surface area contributed by atoms with Crippen molar-refractivity contribution < 1.29 is 23.8 Å². The first-order valence-electron chi connectivity index (χ1n) is 13.7. The van der Waals surface area contributed by atoms with Gasteiger partial charge in [-0.05, 0) is 68.7 Å². The molecule has 0 radical (unpaired) electrons. The Balaban J connectivity index is 1.71. The van der Waals surface area contributed by atoms with Gasteiger partial charge in [0.2, 0.25) is 0 Å². The largest absolute Gasteiger partial charge is 0.494 e. The smallest absolute Gasteiger partial charge is 0.341 e. The van der Waals surface area contributed by atoms with Crippen molar-refractivity contribution in [2.24, 2.45) is 4.99 Å². The number of carbonyl (C=O) groups is 2. The van der Waals surface area contributed by atoms with Crippen molar-refractivity contribution in [3.8, 4) is 5.75 Å². The number of benzene rings is 1. The van der Waals surface area contributed by atoms with Crippen LogP contribution in [0.5, 0.6) is 5.75 Å². The van der Waals surface area contributed by atoms with Crippen molar-refractivity contribution >= 4 is 28.6 Å². The van der Waals surface area contributed by atoms with Gasteiger partial charge in [-0.25, -0.2) is 9.78 Å².